The van der Waals surface area contributed by atoms with Crippen molar-refractivity contribution in [2.24, 2.45) is 5.92 Å². The van der Waals surface area contributed by atoms with Crippen molar-refractivity contribution >= 4 is 23.2 Å². The normalized spacial score (nSPS) is 17.7. The van der Waals surface area contributed by atoms with Gasteiger partial charge in [-0.2, -0.15) is 0 Å². The first-order valence-corrected chi connectivity index (χ1v) is 12.8. The van der Waals surface area contributed by atoms with Crippen LogP contribution in [0.5, 0.6) is 5.75 Å². The smallest absolute Gasteiger partial charge is 0.227 e. The molecular formula is C29H32ClN3O2. The monoisotopic (exact) mass is 489 g/mol. The highest BCUT2D eigenvalue weighted by atomic mass is 35.5. The van der Waals surface area contributed by atoms with Crippen LogP contribution in [0.2, 0.25) is 5.02 Å². The van der Waals surface area contributed by atoms with Gasteiger partial charge in [0, 0.05) is 32.7 Å². The number of hydrogen-bond acceptors (Lipinski definition) is 4. The van der Waals surface area contributed by atoms with Gasteiger partial charge >= 0.3 is 0 Å². The lowest BCUT2D eigenvalue weighted by atomic mass is 10.1. The van der Waals surface area contributed by atoms with E-state index < -0.39 is 0 Å². The molecule has 0 radical (unpaired) electrons. The second-order valence-electron chi connectivity index (χ2n) is 9.47. The molecule has 3 aromatic carbocycles. The highest BCUT2D eigenvalue weighted by molar-refractivity contribution is 6.32. The number of halogens is 1. The van der Waals surface area contributed by atoms with Crippen LogP contribution >= 0.6 is 11.6 Å². The lowest BCUT2D eigenvalue weighted by molar-refractivity contribution is -0.136. The van der Waals surface area contributed by atoms with Crippen LogP contribution in [0.1, 0.15) is 29.5 Å². The van der Waals surface area contributed by atoms with Crippen LogP contribution in [0.15, 0.2) is 72.8 Å². The maximum Gasteiger partial charge on any atom is 0.227 e. The van der Waals surface area contributed by atoms with Crippen molar-refractivity contribution in [3.8, 4) is 5.75 Å². The fourth-order valence-corrected chi connectivity index (χ4v) is 5.30. The van der Waals surface area contributed by atoms with Gasteiger partial charge in [-0.05, 0) is 48.2 Å². The van der Waals surface area contributed by atoms with Gasteiger partial charge in [-0.1, -0.05) is 72.3 Å². The van der Waals surface area contributed by atoms with Crippen LogP contribution in [-0.2, 0) is 24.4 Å². The Morgan fingerprint density at radius 3 is 2.49 bits per heavy atom. The quantitative estimate of drug-likeness (QED) is 0.470. The Kier molecular flexibility index (Phi) is 7.55. The minimum atomic E-state index is 0.000169. The number of hydrogen-bond donors (Lipinski definition) is 1. The first-order valence-electron chi connectivity index (χ1n) is 12.4. The predicted octanol–water partition coefficient (Wildman–Crippen LogP) is 5.59. The first kappa shape index (κ1) is 23.7. The van der Waals surface area contributed by atoms with E-state index in [-0.39, 0.29) is 11.8 Å². The highest BCUT2D eigenvalue weighted by Crippen LogP contribution is 2.36. The summed E-state index contributed by atoms with van der Waals surface area (Å²) in [4.78, 5) is 18.2. The predicted molar refractivity (Wildman–Crippen MR) is 141 cm³/mol. The molecule has 2 heterocycles. The Bertz CT molecular complexity index is 1140. The molecule has 0 bridgehead atoms. The number of rotatable bonds is 7. The van der Waals surface area contributed by atoms with Crippen molar-refractivity contribution in [1.82, 2.24) is 9.80 Å². The van der Waals surface area contributed by atoms with Gasteiger partial charge in [0.05, 0.1) is 23.2 Å². The maximum atomic E-state index is 13.8. The molecule has 6 heteroatoms. The van der Waals surface area contributed by atoms with Crippen molar-refractivity contribution in [3.63, 3.8) is 0 Å². The number of likely N-dealkylation sites (tertiary alicyclic amines) is 1. The summed E-state index contributed by atoms with van der Waals surface area (Å²) >= 11 is 6.59. The Labute approximate surface area is 212 Å². The third-order valence-electron chi connectivity index (χ3n) is 6.76. The van der Waals surface area contributed by atoms with Gasteiger partial charge in [-0.15, -0.1) is 0 Å². The molecular weight excluding hydrogens is 458 g/mol. The molecule has 5 nitrogen and oxygen atoms in total. The molecule has 1 unspecified atom stereocenters. The number of anilines is 1. The third kappa shape index (κ3) is 5.98. The van der Waals surface area contributed by atoms with Gasteiger partial charge < -0.3 is 15.0 Å². The van der Waals surface area contributed by atoms with E-state index >= 15 is 0 Å². The largest absolute Gasteiger partial charge is 0.490 e. The molecule has 1 atom stereocenters. The zero-order valence-corrected chi connectivity index (χ0v) is 20.7. The molecule has 1 fully saturated rings. The van der Waals surface area contributed by atoms with Crippen molar-refractivity contribution in [2.75, 3.05) is 31.6 Å². The van der Waals surface area contributed by atoms with E-state index in [4.69, 9.17) is 16.3 Å². The van der Waals surface area contributed by atoms with Crippen LogP contribution in [0, 0.1) is 5.92 Å². The summed E-state index contributed by atoms with van der Waals surface area (Å²) in [7, 11) is 0. The van der Waals surface area contributed by atoms with E-state index in [0.29, 0.717) is 30.5 Å². The summed E-state index contributed by atoms with van der Waals surface area (Å²) in [6.07, 6.45) is 1.82. The highest BCUT2D eigenvalue weighted by Gasteiger charge is 2.32. The average molecular weight is 490 g/mol. The molecule has 0 aliphatic carbocycles. The Morgan fingerprint density at radius 1 is 1.00 bits per heavy atom. The SMILES string of the molecule is O=C(C1CCN(Cc2ccccc2)C1)N(Cc1ccccc1)Cc1cc(Cl)c2c(c1)NCCCO2. The van der Waals surface area contributed by atoms with E-state index in [1.165, 1.54) is 5.56 Å². The van der Waals surface area contributed by atoms with Gasteiger partial charge in [0.15, 0.2) is 5.75 Å². The maximum absolute atomic E-state index is 13.8. The number of carbonyl (C=O) groups excluding carboxylic acids is 1. The van der Waals surface area contributed by atoms with E-state index in [1.807, 2.05) is 35.2 Å². The van der Waals surface area contributed by atoms with Crippen LogP contribution in [0.25, 0.3) is 0 Å². The number of carbonyl (C=O) groups is 1. The second-order valence-corrected chi connectivity index (χ2v) is 9.88. The van der Waals surface area contributed by atoms with E-state index in [2.05, 4.69) is 52.7 Å². The summed E-state index contributed by atoms with van der Waals surface area (Å²) in [6, 6.07) is 24.7. The molecule has 1 N–H and O–H groups in total. The fraction of sp³-hybridized carbons (Fsp3) is 0.345. The molecule has 3 aromatic rings. The van der Waals surface area contributed by atoms with Crippen LogP contribution in [0.4, 0.5) is 5.69 Å². The lowest BCUT2D eigenvalue weighted by Gasteiger charge is -2.27. The molecule has 0 saturated carbocycles. The van der Waals surface area contributed by atoms with Gasteiger partial charge in [0.2, 0.25) is 5.91 Å². The first-order chi connectivity index (χ1) is 17.2. The van der Waals surface area contributed by atoms with E-state index in [0.717, 1.165) is 55.8 Å². The fourth-order valence-electron chi connectivity index (χ4n) is 5.00. The van der Waals surface area contributed by atoms with Crippen LogP contribution < -0.4 is 10.1 Å². The molecule has 0 aromatic heterocycles. The molecule has 0 spiro atoms. The Balaban J connectivity index is 1.33. The molecule has 2 aliphatic heterocycles. The number of ether oxygens (including phenoxy) is 1. The molecule has 182 valence electrons. The number of fused-ring (bicyclic) bond motifs is 1. The van der Waals surface area contributed by atoms with Crippen molar-refractivity contribution in [2.45, 2.75) is 32.5 Å². The molecule has 5 rings (SSSR count). The standard InChI is InChI=1S/C29H32ClN3O2/c30-26-16-24(17-27-28(26)35-15-7-13-31-27)20-33(19-23-10-5-2-6-11-23)29(34)25-12-14-32(21-25)18-22-8-3-1-4-9-22/h1-6,8-11,16-17,25,31H,7,12-15,18-21H2. The minimum absolute atomic E-state index is 0.000169. The molecule has 1 saturated heterocycles. The topological polar surface area (TPSA) is 44.8 Å². The molecule has 35 heavy (non-hydrogen) atoms. The molecule has 2 aliphatic rings. The average Bonchev–Trinajstić information content (AvgIpc) is 3.20. The lowest BCUT2D eigenvalue weighted by Crippen LogP contribution is -2.36. The van der Waals surface area contributed by atoms with Crippen molar-refractivity contribution in [3.05, 3.63) is 94.5 Å². The van der Waals surface area contributed by atoms with Crippen LogP contribution in [0.3, 0.4) is 0 Å². The summed E-state index contributed by atoms with van der Waals surface area (Å²) in [6.45, 7) is 5.20. The summed E-state index contributed by atoms with van der Waals surface area (Å²) in [5, 5.41) is 4.01. The Morgan fingerprint density at radius 2 is 1.71 bits per heavy atom. The summed E-state index contributed by atoms with van der Waals surface area (Å²) in [5.74, 6) is 0.918. The Hall–Kier alpha value is -3.02. The van der Waals surface area contributed by atoms with Gasteiger partial charge in [0.25, 0.3) is 0 Å². The number of nitrogens with zero attached hydrogens (tertiary/aromatic N) is 2. The van der Waals surface area contributed by atoms with Gasteiger partial charge in [-0.25, -0.2) is 0 Å². The zero-order chi connectivity index (χ0) is 24.0. The van der Waals surface area contributed by atoms with E-state index in [1.54, 1.807) is 0 Å². The summed E-state index contributed by atoms with van der Waals surface area (Å²) < 4.78 is 5.84. The van der Waals surface area contributed by atoms with E-state index in [9.17, 15) is 4.79 Å². The third-order valence-corrected chi connectivity index (χ3v) is 7.04. The second kappa shape index (κ2) is 11.1. The van der Waals surface area contributed by atoms with Crippen molar-refractivity contribution < 1.29 is 9.53 Å². The number of amides is 1. The van der Waals surface area contributed by atoms with Gasteiger partial charge in [-0.3, -0.25) is 9.69 Å². The zero-order valence-electron chi connectivity index (χ0n) is 20.0. The number of benzene rings is 3. The van der Waals surface area contributed by atoms with Crippen LogP contribution in [-0.4, -0.2) is 41.9 Å². The molecule has 1 amide bonds. The summed E-state index contributed by atoms with van der Waals surface area (Å²) in [5.41, 5.74) is 4.33. The van der Waals surface area contributed by atoms with Crippen molar-refractivity contribution in [1.29, 1.82) is 0 Å². The number of nitrogens with one attached hydrogen (secondary N) is 1. The van der Waals surface area contributed by atoms with Gasteiger partial charge in [0.1, 0.15) is 0 Å². The minimum Gasteiger partial charge on any atom is -0.490 e.